The Labute approximate surface area is 88.5 Å². The van der Waals surface area contributed by atoms with Crippen LogP contribution in [-0.2, 0) is 4.79 Å². The van der Waals surface area contributed by atoms with Gasteiger partial charge < -0.3 is 9.69 Å². The largest absolute Gasteiger partial charge is 0.361 e. The molecule has 0 aliphatic carbocycles. The van der Waals surface area contributed by atoms with Crippen molar-refractivity contribution in [2.45, 2.75) is 18.9 Å². The number of hydrogen-bond donors (Lipinski definition) is 0. The summed E-state index contributed by atoms with van der Waals surface area (Å²) in [6.07, 6.45) is 3.01. The van der Waals surface area contributed by atoms with Gasteiger partial charge in [-0.25, -0.2) is 0 Å². The summed E-state index contributed by atoms with van der Waals surface area (Å²) in [6.45, 7) is 0.924. The van der Waals surface area contributed by atoms with E-state index in [0.29, 0.717) is 0 Å². The third-order valence-corrected chi connectivity index (χ3v) is 2.94. The van der Waals surface area contributed by atoms with Gasteiger partial charge in [0.05, 0.1) is 16.8 Å². The van der Waals surface area contributed by atoms with Crippen LogP contribution in [0.4, 0.5) is 5.69 Å². The van der Waals surface area contributed by atoms with Gasteiger partial charge in [0, 0.05) is 6.54 Å². The molecule has 74 valence electrons. The Kier molecular flexibility index (Phi) is 2.73. The SMILES string of the molecule is O=CC1CCCN1c1ccccc1Cl. The van der Waals surface area contributed by atoms with Gasteiger partial charge in [0.15, 0.2) is 0 Å². The molecular formula is C11H12ClNO. The number of benzene rings is 1. The Bertz CT molecular complexity index is 340. The molecule has 14 heavy (non-hydrogen) atoms. The first kappa shape index (κ1) is 9.53. The smallest absolute Gasteiger partial charge is 0.142 e. The molecule has 0 N–H and O–H groups in total. The lowest BCUT2D eigenvalue weighted by molar-refractivity contribution is -0.108. The van der Waals surface area contributed by atoms with Crippen LogP contribution in [0.5, 0.6) is 0 Å². The van der Waals surface area contributed by atoms with E-state index in [4.69, 9.17) is 11.6 Å². The zero-order chi connectivity index (χ0) is 9.97. The Morgan fingerprint density at radius 3 is 2.93 bits per heavy atom. The van der Waals surface area contributed by atoms with Crippen molar-refractivity contribution in [1.82, 2.24) is 0 Å². The Hall–Kier alpha value is -1.02. The molecule has 0 saturated carbocycles. The first-order valence-corrected chi connectivity index (χ1v) is 5.17. The molecule has 0 radical (unpaired) electrons. The van der Waals surface area contributed by atoms with Gasteiger partial charge in [-0.05, 0) is 25.0 Å². The topological polar surface area (TPSA) is 20.3 Å². The average molecular weight is 210 g/mol. The number of halogens is 1. The molecule has 1 aromatic carbocycles. The number of rotatable bonds is 2. The second kappa shape index (κ2) is 4.01. The fraction of sp³-hybridized carbons (Fsp3) is 0.364. The van der Waals surface area contributed by atoms with Crippen molar-refractivity contribution in [2.75, 3.05) is 11.4 Å². The molecule has 1 saturated heterocycles. The lowest BCUT2D eigenvalue weighted by Crippen LogP contribution is -2.30. The molecule has 1 atom stereocenters. The molecule has 0 spiro atoms. The van der Waals surface area contributed by atoms with Crippen LogP contribution in [0.1, 0.15) is 12.8 Å². The van der Waals surface area contributed by atoms with E-state index in [9.17, 15) is 4.79 Å². The number of nitrogens with zero attached hydrogens (tertiary/aromatic N) is 1. The summed E-state index contributed by atoms with van der Waals surface area (Å²) in [5.74, 6) is 0. The summed E-state index contributed by atoms with van der Waals surface area (Å²) in [7, 11) is 0. The van der Waals surface area contributed by atoms with E-state index in [1.165, 1.54) is 0 Å². The molecule has 2 rings (SSSR count). The monoisotopic (exact) mass is 209 g/mol. The van der Waals surface area contributed by atoms with Crippen molar-refractivity contribution in [2.24, 2.45) is 0 Å². The molecule has 2 nitrogen and oxygen atoms in total. The zero-order valence-electron chi connectivity index (χ0n) is 7.82. The molecule has 1 unspecified atom stereocenters. The molecule has 0 aromatic heterocycles. The number of carbonyl (C=O) groups is 1. The number of aldehydes is 1. The van der Waals surface area contributed by atoms with Crippen molar-refractivity contribution in [3.05, 3.63) is 29.3 Å². The van der Waals surface area contributed by atoms with Gasteiger partial charge in [-0.1, -0.05) is 23.7 Å². The predicted octanol–water partition coefficient (Wildman–Crippen LogP) is 2.51. The number of hydrogen-bond acceptors (Lipinski definition) is 2. The molecule has 1 fully saturated rings. The summed E-state index contributed by atoms with van der Waals surface area (Å²) < 4.78 is 0. The second-order valence-corrected chi connectivity index (χ2v) is 3.90. The fourth-order valence-electron chi connectivity index (χ4n) is 1.92. The van der Waals surface area contributed by atoms with Gasteiger partial charge in [-0.2, -0.15) is 0 Å². The van der Waals surface area contributed by atoms with Gasteiger partial charge in [0.25, 0.3) is 0 Å². The predicted molar refractivity (Wildman–Crippen MR) is 57.9 cm³/mol. The maximum Gasteiger partial charge on any atom is 0.142 e. The Morgan fingerprint density at radius 1 is 1.43 bits per heavy atom. The second-order valence-electron chi connectivity index (χ2n) is 3.49. The minimum Gasteiger partial charge on any atom is -0.361 e. The maximum absolute atomic E-state index is 10.8. The molecule has 0 amide bonds. The van der Waals surface area contributed by atoms with Crippen molar-refractivity contribution < 1.29 is 4.79 Å². The first-order chi connectivity index (χ1) is 6.83. The lowest BCUT2D eigenvalue weighted by Gasteiger charge is -2.23. The molecule has 1 heterocycles. The highest BCUT2D eigenvalue weighted by molar-refractivity contribution is 6.33. The van der Waals surface area contributed by atoms with E-state index < -0.39 is 0 Å². The van der Waals surface area contributed by atoms with Crippen LogP contribution >= 0.6 is 11.6 Å². The zero-order valence-corrected chi connectivity index (χ0v) is 8.57. The summed E-state index contributed by atoms with van der Waals surface area (Å²) in [4.78, 5) is 12.9. The van der Waals surface area contributed by atoms with Crippen LogP contribution in [0.3, 0.4) is 0 Å². The van der Waals surface area contributed by atoms with E-state index in [1.54, 1.807) is 0 Å². The minimum absolute atomic E-state index is 0.00917. The van der Waals surface area contributed by atoms with Gasteiger partial charge in [0.2, 0.25) is 0 Å². The van der Waals surface area contributed by atoms with Crippen molar-refractivity contribution in [1.29, 1.82) is 0 Å². The molecular weight excluding hydrogens is 198 g/mol. The van der Waals surface area contributed by atoms with E-state index in [1.807, 2.05) is 24.3 Å². The quantitative estimate of drug-likeness (QED) is 0.698. The average Bonchev–Trinajstić information content (AvgIpc) is 2.66. The molecule has 1 aromatic rings. The standard InChI is InChI=1S/C11H12ClNO/c12-10-5-1-2-6-11(10)13-7-3-4-9(13)8-14/h1-2,5-6,8-9H,3-4,7H2. The molecule has 1 aliphatic heterocycles. The highest BCUT2D eigenvalue weighted by atomic mass is 35.5. The van der Waals surface area contributed by atoms with Crippen LogP contribution in [0.2, 0.25) is 5.02 Å². The minimum atomic E-state index is 0.00917. The fourth-order valence-corrected chi connectivity index (χ4v) is 2.16. The first-order valence-electron chi connectivity index (χ1n) is 4.79. The van der Waals surface area contributed by atoms with Crippen LogP contribution in [0, 0.1) is 0 Å². The van der Waals surface area contributed by atoms with Crippen molar-refractivity contribution in [3.63, 3.8) is 0 Å². The van der Waals surface area contributed by atoms with E-state index in [2.05, 4.69) is 4.90 Å². The third kappa shape index (κ3) is 1.62. The van der Waals surface area contributed by atoms with E-state index in [-0.39, 0.29) is 6.04 Å². The summed E-state index contributed by atoms with van der Waals surface area (Å²) in [6, 6.07) is 7.68. The van der Waals surface area contributed by atoms with Gasteiger partial charge in [-0.15, -0.1) is 0 Å². The highest BCUT2D eigenvalue weighted by Gasteiger charge is 2.25. The molecule has 3 heteroatoms. The van der Waals surface area contributed by atoms with Crippen molar-refractivity contribution in [3.8, 4) is 0 Å². The Morgan fingerprint density at radius 2 is 2.21 bits per heavy atom. The maximum atomic E-state index is 10.8. The van der Waals surface area contributed by atoms with Gasteiger partial charge in [0.1, 0.15) is 6.29 Å². The van der Waals surface area contributed by atoms with E-state index >= 15 is 0 Å². The normalized spacial score (nSPS) is 21.2. The lowest BCUT2D eigenvalue weighted by atomic mass is 10.2. The highest BCUT2D eigenvalue weighted by Crippen LogP contribution is 2.30. The number of para-hydroxylation sites is 1. The molecule has 1 aliphatic rings. The summed E-state index contributed by atoms with van der Waals surface area (Å²) in [5, 5.41) is 0.723. The van der Waals surface area contributed by atoms with Crippen LogP contribution in [0.25, 0.3) is 0 Å². The van der Waals surface area contributed by atoms with Crippen LogP contribution in [-0.4, -0.2) is 18.9 Å². The van der Waals surface area contributed by atoms with Gasteiger partial charge >= 0.3 is 0 Å². The number of carbonyl (C=O) groups excluding carboxylic acids is 1. The van der Waals surface area contributed by atoms with Crippen molar-refractivity contribution >= 4 is 23.6 Å². The van der Waals surface area contributed by atoms with Crippen LogP contribution in [0.15, 0.2) is 24.3 Å². The summed E-state index contributed by atoms with van der Waals surface area (Å²) >= 11 is 6.07. The van der Waals surface area contributed by atoms with Crippen LogP contribution < -0.4 is 4.90 Å². The summed E-state index contributed by atoms with van der Waals surface area (Å²) in [5.41, 5.74) is 0.976. The van der Waals surface area contributed by atoms with Gasteiger partial charge in [-0.3, -0.25) is 0 Å². The Balaban J connectivity index is 2.30. The number of anilines is 1. The third-order valence-electron chi connectivity index (χ3n) is 2.62. The molecule has 0 bridgehead atoms. The van der Waals surface area contributed by atoms with E-state index in [0.717, 1.165) is 36.4 Å².